The molecule has 2 N–H and O–H groups in total. The van der Waals surface area contributed by atoms with Crippen LogP contribution < -0.4 is 10.6 Å². The summed E-state index contributed by atoms with van der Waals surface area (Å²) in [5.74, 6) is -0.0742. The number of carbonyl (C=O) groups is 1. The van der Waals surface area contributed by atoms with Gasteiger partial charge in [-0.25, -0.2) is 0 Å². The lowest BCUT2D eigenvalue weighted by molar-refractivity contribution is -0.126. The van der Waals surface area contributed by atoms with Crippen LogP contribution in [-0.4, -0.2) is 31.7 Å². The molecule has 0 radical (unpaired) electrons. The Morgan fingerprint density at radius 1 is 1.38 bits per heavy atom. The predicted octanol–water partition coefficient (Wildman–Crippen LogP) is 2.53. The Balaban J connectivity index is 1.92. The van der Waals surface area contributed by atoms with E-state index < -0.39 is 0 Å². The standard InChI is InChI=1S/C16H23ClN2O2/c1-3-8-18-15-10-21-9-14(15)16(20)19-11(2)12-4-6-13(17)7-5-12/h4-7,11,14-15,18H,3,8-10H2,1-2H3,(H,19,20)/t11-,14?,15?/m1/s1. The summed E-state index contributed by atoms with van der Waals surface area (Å²) >= 11 is 5.88. The van der Waals surface area contributed by atoms with E-state index in [-0.39, 0.29) is 23.9 Å². The van der Waals surface area contributed by atoms with Gasteiger partial charge in [-0.05, 0) is 37.6 Å². The summed E-state index contributed by atoms with van der Waals surface area (Å²) in [5, 5.41) is 7.14. The van der Waals surface area contributed by atoms with Crippen molar-refractivity contribution in [1.82, 2.24) is 10.6 Å². The number of rotatable bonds is 6. The van der Waals surface area contributed by atoms with Crippen molar-refractivity contribution in [3.63, 3.8) is 0 Å². The molecule has 1 aromatic carbocycles. The molecule has 0 aliphatic carbocycles. The quantitative estimate of drug-likeness (QED) is 0.849. The maximum absolute atomic E-state index is 12.4. The number of halogens is 1. The lowest BCUT2D eigenvalue weighted by Gasteiger charge is -2.21. The highest BCUT2D eigenvalue weighted by Gasteiger charge is 2.34. The first kappa shape index (κ1) is 16.3. The Morgan fingerprint density at radius 2 is 2.10 bits per heavy atom. The van der Waals surface area contributed by atoms with Crippen LogP contribution in [0, 0.1) is 5.92 Å². The lowest BCUT2D eigenvalue weighted by atomic mass is 10.0. The second-order valence-corrected chi connectivity index (χ2v) is 5.92. The summed E-state index contributed by atoms with van der Waals surface area (Å²) in [7, 11) is 0. The fourth-order valence-electron chi connectivity index (χ4n) is 2.50. The average Bonchev–Trinajstić information content (AvgIpc) is 2.94. The van der Waals surface area contributed by atoms with Crippen LogP contribution >= 0.6 is 11.6 Å². The molecule has 1 aromatic rings. The van der Waals surface area contributed by atoms with Gasteiger partial charge in [-0.3, -0.25) is 4.79 Å². The highest BCUT2D eigenvalue weighted by Crippen LogP contribution is 2.19. The molecule has 0 spiro atoms. The minimum atomic E-state index is -0.119. The number of nitrogens with one attached hydrogen (secondary N) is 2. The third kappa shape index (κ3) is 4.43. The molecule has 3 atom stereocenters. The molecule has 2 unspecified atom stereocenters. The highest BCUT2D eigenvalue weighted by molar-refractivity contribution is 6.30. The molecule has 1 heterocycles. The van der Waals surface area contributed by atoms with Gasteiger partial charge in [0, 0.05) is 11.1 Å². The van der Waals surface area contributed by atoms with Crippen molar-refractivity contribution in [2.45, 2.75) is 32.4 Å². The van der Waals surface area contributed by atoms with Gasteiger partial charge in [-0.15, -0.1) is 0 Å². The van der Waals surface area contributed by atoms with Crippen molar-refractivity contribution in [3.8, 4) is 0 Å². The average molecular weight is 311 g/mol. The SMILES string of the molecule is CCCNC1COCC1C(=O)N[C@H](C)c1ccc(Cl)cc1. The second-order valence-electron chi connectivity index (χ2n) is 5.49. The Labute approximate surface area is 131 Å². The fraction of sp³-hybridized carbons (Fsp3) is 0.562. The summed E-state index contributed by atoms with van der Waals surface area (Å²) in [6, 6.07) is 7.62. The molecule has 0 aromatic heterocycles. The summed E-state index contributed by atoms with van der Waals surface area (Å²) in [6.45, 7) is 6.09. The number of hydrogen-bond donors (Lipinski definition) is 2. The number of hydrogen-bond acceptors (Lipinski definition) is 3. The zero-order valence-electron chi connectivity index (χ0n) is 12.6. The first-order chi connectivity index (χ1) is 10.1. The highest BCUT2D eigenvalue weighted by atomic mass is 35.5. The van der Waals surface area contributed by atoms with Gasteiger partial charge in [0.05, 0.1) is 25.2 Å². The molecule has 4 nitrogen and oxygen atoms in total. The van der Waals surface area contributed by atoms with E-state index in [1.807, 2.05) is 31.2 Å². The molecule has 21 heavy (non-hydrogen) atoms. The minimum Gasteiger partial charge on any atom is -0.379 e. The molecular formula is C16H23ClN2O2. The van der Waals surface area contributed by atoms with Crippen molar-refractivity contribution in [2.75, 3.05) is 19.8 Å². The van der Waals surface area contributed by atoms with Gasteiger partial charge in [0.2, 0.25) is 5.91 Å². The Morgan fingerprint density at radius 3 is 2.76 bits per heavy atom. The molecule has 1 aliphatic rings. The zero-order valence-corrected chi connectivity index (χ0v) is 13.3. The van der Waals surface area contributed by atoms with E-state index in [0.717, 1.165) is 18.5 Å². The van der Waals surface area contributed by atoms with Crippen molar-refractivity contribution < 1.29 is 9.53 Å². The Kier molecular flexibility index (Phi) is 6.03. The van der Waals surface area contributed by atoms with Gasteiger partial charge in [0.1, 0.15) is 0 Å². The molecular weight excluding hydrogens is 288 g/mol. The van der Waals surface area contributed by atoms with Crippen LogP contribution in [0.4, 0.5) is 0 Å². The first-order valence-electron chi connectivity index (χ1n) is 7.48. The molecule has 1 saturated heterocycles. The monoisotopic (exact) mass is 310 g/mol. The van der Waals surface area contributed by atoms with Crippen LogP contribution in [0.1, 0.15) is 31.9 Å². The second kappa shape index (κ2) is 7.78. The zero-order chi connectivity index (χ0) is 15.2. The van der Waals surface area contributed by atoms with E-state index in [1.54, 1.807) is 0 Å². The molecule has 2 rings (SSSR count). The topological polar surface area (TPSA) is 50.4 Å². The summed E-state index contributed by atoms with van der Waals surface area (Å²) < 4.78 is 5.45. The molecule has 0 saturated carbocycles. The largest absolute Gasteiger partial charge is 0.379 e. The van der Waals surface area contributed by atoms with Gasteiger partial charge in [0.15, 0.2) is 0 Å². The van der Waals surface area contributed by atoms with Gasteiger partial charge in [0.25, 0.3) is 0 Å². The van der Waals surface area contributed by atoms with E-state index in [9.17, 15) is 4.79 Å². The normalized spacial score (nSPS) is 23.0. The number of ether oxygens (including phenoxy) is 1. The van der Waals surface area contributed by atoms with E-state index in [1.165, 1.54) is 0 Å². The Hall–Kier alpha value is -1.10. The van der Waals surface area contributed by atoms with Crippen LogP contribution in [0.2, 0.25) is 5.02 Å². The predicted molar refractivity (Wildman–Crippen MR) is 84.4 cm³/mol. The van der Waals surface area contributed by atoms with E-state index in [4.69, 9.17) is 16.3 Å². The summed E-state index contributed by atoms with van der Waals surface area (Å²) in [6.07, 6.45) is 1.05. The van der Waals surface area contributed by atoms with Crippen LogP contribution in [0.3, 0.4) is 0 Å². The van der Waals surface area contributed by atoms with E-state index >= 15 is 0 Å². The maximum atomic E-state index is 12.4. The molecule has 1 amide bonds. The smallest absolute Gasteiger partial charge is 0.227 e. The van der Waals surface area contributed by atoms with Crippen LogP contribution in [-0.2, 0) is 9.53 Å². The summed E-state index contributed by atoms with van der Waals surface area (Å²) in [4.78, 5) is 12.4. The Bertz CT molecular complexity index is 464. The molecule has 5 heteroatoms. The summed E-state index contributed by atoms with van der Waals surface area (Å²) in [5.41, 5.74) is 1.05. The fourth-order valence-corrected chi connectivity index (χ4v) is 2.62. The molecule has 0 bridgehead atoms. The number of amides is 1. The van der Waals surface area contributed by atoms with Gasteiger partial charge >= 0.3 is 0 Å². The first-order valence-corrected chi connectivity index (χ1v) is 7.86. The van der Waals surface area contributed by atoms with E-state index in [2.05, 4.69) is 17.6 Å². The number of carbonyl (C=O) groups excluding carboxylic acids is 1. The third-order valence-corrected chi connectivity index (χ3v) is 4.05. The number of benzene rings is 1. The van der Waals surface area contributed by atoms with Gasteiger partial charge in [-0.1, -0.05) is 30.7 Å². The van der Waals surface area contributed by atoms with Crippen molar-refractivity contribution in [1.29, 1.82) is 0 Å². The van der Waals surface area contributed by atoms with Gasteiger partial charge in [-0.2, -0.15) is 0 Å². The minimum absolute atomic E-state index is 0.0396. The molecule has 116 valence electrons. The lowest BCUT2D eigenvalue weighted by Crippen LogP contribution is -2.44. The van der Waals surface area contributed by atoms with Crippen LogP contribution in [0.15, 0.2) is 24.3 Å². The van der Waals surface area contributed by atoms with Crippen molar-refractivity contribution in [2.24, 2.45) is 5.92 Å². The van der Waals surface area contributed by atoms with Crippen LogP contribution in [0.25, 0.3) is 0 Å². The van der Waals surface area contributed by atoms with Crippen LogP contribution in [0.5, 0.6) is 0 Å². The van der Waals surface area contributed by atoms with Crippen molar-refractivity contribution >= 4 is 17.5 Å². The molecule has 1 fully saturated rings. The maximum Gasteiger partial charge on any atom is 0.227 e. The molecule has 1 aliphatic heterocycles. The van der Waals surface area contributed by atoms with Gasteiger partial charge < -0.3 is 15.4 Å². The van der Waals surface area contributed by atoms with Crippen molar-refractivity contribution in [3.05, 3.63) is 34.9 Å². The third-order valence-electron chi connectivity index (χ3n) is 3.80. The van der Waals surface area contributed by atoms with E-state index in [0.29, 0.717) is 18.2 Å².